The van der Waals surface area contributed by atoms with Gasteiger partial charge in [-0.2, -0.15) is 0 Å². The number of aromatic nitrogens is 2. The number of benzene rings is 2. The van der Waals surface area contributed by atoms with Crippen molar-refractivity contribution in [2.75, 3.05) is 5.32 Å². The summed E-state index contributed by atoms with van der Waals surface area (Å²) >= 11 is 1.13. The number of thiazole rings is 1. The average molecular weight is 391 g/mol. The van der Waals surface area contributed by atoms with Gasteiger partial charge in [-0.25, -0.2) is 9.37 Å². The van der Waals surface area contributed by atoms with Crippen LogP contribution in [0.5, 0.6) is 11.5 Å². The summed E-state index contributed by atoms with van der Waals surface area (Å²) in [7, 11) is 0. The predicted octanol–water partition coefficient (Wildman–Crippen LogP) is 5.39. The zero-order chi connectivity index (χ0) is 19.3. The summed E-state index contributed by atoms with van der Waals surface area (Å²) in [4.78, 5) is 21.0. The van der Waals surface area contributed by atoms with Crippen LogP contribution in [0.15, 0.2) is 79.3 Å². The van der Waals surface area contributed by atoms with Crippen molar-refractivity contribution in [3.63, 3.8) is 0 Å². The molecular weight excluding hydrogens is 377 g/mol. The monoisotopic (exact) mass is 391 g/mol. The molecule has 28 heavy (non-hydrogen) atoms. The van der Waals surface area contributed by atoms with E-state index < -0.39 is 0 Å². The van der Waals surface area contributed by atoms with E-state index in [9.17, 15) is 9.18 Å². The molecule has 1 N–H and O–H groups in total. The van der Waals surface area contributed by atoms with Crippen LogP contribution in [0.25, 0.3) is 10.6 Å². The number of nitrogens with one attached hydrogen (secondary N) is 1. The Morgan fingerprint density at radius 2 is 1.82 bits per heavy atom. The highest BCUT2D eigenvalue weighted by Crippen LogP contribution is 2.28. The van der Waals surface area contributed by atoms with E-state index in [0.717, 1.165) is 11.3 Å². The molecule has 0 atom stereocenters. The molecule has 0 saturated heterocycles. The molecule has 0 aliphatic heterocycles. The maximum atomic E-state index is 13.9. The van der Waals surface area contributed by atoms with Crippen LogP contribution >= 0.6 is 11.3 Å². The Morgan fingerprint density at radius 1 is 1.00 bits per heavy atom. The highest BCUT2D eigenvalue weighted by atomic mass is 32.1. The Kier molecular flexibility index (Phi) is 5.07. The second kappa shape index (κ2) is 7.98. The van der Waals surface area contributed by atoms with E-state index in [1.807, 2.05) is 0 Å². The van der Waals surface area contributed by atoms with Crippen LogP contribution in [0, 0.1) is 5.82 Å². The number of carbonyl (C=O) groups is 1. The number of rotatable bonds is 5. The second-order valence-corrected chi connectivity index (χ2v) is 6.81. The summed E-state index contributed by atoms with van der Waals surface area (Å²) < 4.78 is 19.6. The first-order valence-electron chi connectivity index (χ1n) is 8.39. The van der Waals surface area contributed by atoms with Gasteiger partial charge in [-0.3, -0.25) is 9.78 Å². The lowest BCUT2D eigenvalue weighted by Gasteiger charge is -2.08. The lowest BCUT2D eigenvalue weighted by molar-refractivity contribution is 0.103. The molecule has 0 radical (unpaired) electrons. The van der Waals surface area contributed by atoms with Crippen molar-refractivity contribution >= 4 is 22.9 Å². The van der Waals surface area contributed by atoms with E-state index in [2.05, 4.69) is 15.3 Å². The van der Waals surface area contributed by atoms with Crippen LogP contribution < -0.4 is 10.1 Å². The lowest BCUT2D eigenvalue weighted by atomic mass is 10.2. The molecule has 2 heterocycles. The van der Waals surface area contributed by atoms with E-state index in [0.29, 0.717) is 32.6 Å². The summed E-state index contributed by atoms with van der Waals surface area (Å²) in [6.07, 6.45) is 4.72. The largest absolute Gasteiger partial charge is 0.457 e. The number of pyridine rings is 1. The van der Waals surface area contributed by atoms with E-state index in [1.54, 1.807) is 67.0 Å². The van der Waals surface area contributed by atoms with Gasteiger partial charge in [-0.05, 0) is 36.4 Å². The molecule has 0 aliphatic rings. The van der Waals surface area contributed by atoms with Gasteiger partial charge in [-0.15, -0.1) is 11.3 Å². The Labute approximate surface area is 164 Å². The number of hydrogen-bond acceptors (Lipinski definition) is 5. The van der Waals surface area contributed by atoms with Crippen molar-refractivity contribution in [3.05, 3.63) is 89.9 Å². The fourth-order valence-corrected chi connectivity index (χ4v) is 3.35. The minimum absolute atomic E-state index is 0.318. The van der Waals surface area contributed by atoms with Crippen LogP contribution in [0.3, 0.4) is 0 Å². The zero-order valence-corrected chi connectivity index (χ0v) is 15.3. The fraction of sp³-hybridized carbons (Fsp3) is 0. The third-order valence-electron chi connectivity index (χ3n) is 3.81. The van der Waals surface area contributed by atoms with Crippen LogP contribution in [-0.4, -0.2) is 15.9 Å². The number of amides is 1. The third kappa shape index (κ3) is 4.05. The lowest BCUT2D eigenvalue weighted by Crippen LogP contribution is -2.10. The van der Waals surface area contributed by atoms with Crippen LogP contribution in [-0.2, 0) is 0 Å². The van der Waals surface area contributed by atoms with E-state index in [-0.39, 0.29) is 11.7 Å². The predicted molar refractivity (Wildman–Crippen MR) is 106 cm³/mol. The highest BCUT2D eigenvalue weighted by molar-refractivity contribution is 7.17. The number of halogens is 1. The topological polar surface area (TPSA) is 64.1 Å². The minimum Gasteiger partial charge on any atom is -0.457 e. The van der Waals surface area contributed by atoms with E-state index in [4.69, 9.17) is 4.74 Å². The molecule has 4 aromatic rings. The molecule has 0 aliphatic carbocycles. The first kappa shape index (κ1) is 17.8. The van der Waals surface area contributed by atoms with Gasteiger partial charge in [0.25, 0.3) is 5.91 Å². The fourth-order valence-electron chi connectivity index (χ4n) is 2.51. The molecule has 1 amide bonds. The normalized spacial score (nSPS) is 10.5. The van der Waals surface area contributed by atoms with Crippen molar-refractivity contribution in [1.29, 1.82) is 0 Å². The smallest absolute Gasteiger partial charge is 0.267 e. The summed E-state index contributed by atoms with van der Waals surface area (Å²) in [5.74, 6) is 0.543. The number of nitrogens with zero attached hydrogens (tertiary/aromatic N) is 2. The molecule has 0 bridgehead atoms. The van der Waals surface area contributed by atoms with Gasteiger partial charge in [0.1, 0.15) is 27.2 Å². The van der Waals surface area contributed by atoms with E-state index >= 15 is 0 Å². The number of anilines is 1. The Hall–Kier alpha value is -3.58. The number of carbonyl (C=O) groups excluding carboxylic acids is 1. The van der Waals surface area contributed by atoms with Crippen molar-refractivity contribution < 1.29 is 13.9 Å². The van der Waals surface area contributed by atoms with E-state index in [1.165, 1.54) is 12.3 Å². The van der Waals surface area contributed by atoms with Crippen LogP contribution in [0.2, 0.25) is 0 Å². The first-order chi connectivity index (χ1) is 13.7. The molecule has 0 saturated carbocycles. The highest BCUT2D eigenvalue weighted by Gasteiger charge is 2.14. The Morgan fingerprint density at radius 3 is 2.64 bits per heavy atom. The van der Waals surface area contributed by atoms with Gasteiger partial charge >= 0.3 is 0 Å². The third-order valence-corrected chi connectivity index (χ3v) is 4.84. The van der Waals surface area contributed by atoms with Crippen molar-refractivity contribution in [2.24, 2.45) is 0 Å². The molecule has 5 nitrogen and oxygen atoms in total. The van der Waals surface area contributed by atoms with Gasteiger partial charge in [0, 0.05) is 29.7 Å². The Bertz CT molecular complexity index is 1120. The number of hydrogen-bond donors (Lipinski definition) is 1. The maximum Gasteiger partial charge on any atom is 0.267 e. The summed E-state index contributed by atoms with van der Waals surface area (Å²) in [6.45, 7) is 0. The summed E-state index contributed by atoms with van der Waals surface area (Å²) in [5, 5.41) is 3.27. The van der Waals surface area contributed by atoms with Gasteiger partial charge in [0.2, 0.25) is 0 Å². The van der Waals surface area contributed by atoms with Crippen LogP contribution in [0.4, 0.5) is 10.1 Å². The average Bonchev–Trinajstić information content (AvgIpc) is 3.20. The molecule has 7 heteroatoms. The van der Waals surface area contributed by atoms with Gasteiger partial charge in [0.15, 0.2) is 0 Å². The summed E-state index contributed by atoms with van der Waals surface area (Å²) in [6, 6.07) is 16.9. The molecule has 2 aromatic heterocycles. The number of ether oxygens (including phenoxy) is 1. The molecule has 0 spiro atoms. The summed E-state index contributed by atoms with van der Waals surface area (Å²) in [5.41, 5.74) is 0.955. The SMILES string of the molecule is O=C(Nc1cccc(Oc2ccncc2)c1)c1cnc(-c2ccccc2F)s1. The second-order valence-electron chi connectivity index (χ2n) is 5.78. The first-order valence-corrected chi connectivity index (χ1v) is 9.21. The van der Waals surface area contributed by atoms with Gasteiger partial charge in [-0.1, -0.05) is 18.2 Å². The van der Waals surface area contributed by atoms with Crippen LogP contribution in [0.1, 0.15) is 9.67 Å². The minimum atomic E-state index is -0.371. The Balaban J connectivity index is 1.48. The maximum absolute atomic E-state index is 13.9. The van der Waals surface area contributed by atoms with Crippen molar-refractivity contribution in [2.45, 2.75) is 0 Å². The van der Waals surface area contributed by atoms with Crippen molar-refractivity contribution in [3.8, 4) is 22.1 Å². The molecular formula is C21H14FN3O2S. The van der Waals surface area contributed by atoms with Crippen molar-refractivity contribution in [1.82, 2.24) is 9.97 Å². The molecule has 138 valence electrons. The molecule has 4 rings (SSSR count). The zero-order valence-electron chi connectivity index (χ0n) is 14.5. The van der Waals surface area contributed by atoms with Gasteiger partial charge in [0.05, 0.1) is 6.20 Å². The molecule has 0 unspecified atom stereocenters. The molecule has 2 aromatic carbocycles. The standard InChI is InChI=1S/C21H14FN3O2S/c22-18-7-2-1-6-17(18)21-24-13-19(28-21)20(26)25-14-4-3-5-16(12-14)27-15-8-10-23-11-9-15/h1-13H,(H,25,26). The molecule has 0 fully saturated rings. The van der Waals surface area contributed by atoms with Gasteiger partial charge < -0.3 is 10.1 Å². The quantitative estimate of drug-likeness (QED) is 0.495.